The minimum absolute atomic E-state index is 0.238. The van der Waals surface area contributed by atoms with E-state index in [2.05, 4.69) is 21.8 Å². The first-order valence-corrected chi connectivity index (χ1v) is 7.47. The lowest BCUT2D eigenvalue weighted by molar-refractivity contribution is 0.586. The van der Waals surface area contributed by atoms with Gasteiger partial charge in [0.25, 0.3) is 0 Å². The SMILES string of the molecule is CCn1ccnc1CNCCCS(C)(=O)=O. The predicted octanol–water partition coefficient (Wildman–Crippen LogP) is 0.427. The van der Waals surface area contributed by atoms with Crippen molar-refractivity contribution < 1.29 is 8.42 Å². The third-order valence-electron chi connectivity index (χ3n) is 2.29. The second-order valence-electron chi connectivity index (χ2n) is 3.79. The van der Waals surface area contributed by atoms with E-state index in [0.717, 1.165) is 12.4 Å². The molecule has 0 spiro atoms. The van der Waals surface area contributed by atoms with Crippen LogP contribution in [0.25, 0.3) is 0 Å². The van der Waals surface area contributed by atoms with Gasteiger partial charge < -0.3 is 9.88 Å². The van der Waals surface area contributed by atoms with Crippen LogP contribution < -0.4 is 5.32 Å². The maximum atomic E-state index is 10.9. The average molecular weight is 245 g/mol. The molecular formula is C10H19N3O2S. The number of nitrogens with one attached hydrogen (secondary N) is 1. The number of nitrogens with zero attached hydrogens (tertiary/aromatic N) is 2. The summed E-state index contributed by atoms with van der Waals surface area (Å²) < 4.78 is 23.8. The number of hydrogen-bond acceptors (Lipinski definition) is 4. The largest absolute Gasteiger partial charge is 0.334 e. The minimum Gasteiger partial charge on any atom is -0.334 e. The Hall–Kier alpha value is -0.880. The molecule has 0 bridgehead atoms. The molecular weight excluding hydrogens is 226 g/mol. The maximum absolute atomic E-state index is 10.9. The molecule has 0 aliphatic rings. The van der Waals surface area contributed by atoms with Gasteiger partial charge in [-0.15, -0.1) is 0 Å². The zero-order chi connectivity index (χ0) is 12.0. The molecule has 0 unspecified atom stereocenters. The molecule has 0 radical (unpaired) electrons. The summed E-state index contributed by atoms with van der Waals surface area (Å²) in [5.41, 5.74) is 0. The van der Waals surface area contributed by atoms with Gasteiger partial charge in [0.1, 0.15) is 15.7 Å². The second kappa shape index (κ2) is 6.00. The van der Waals surface area contributed by atoms with Crippen molar-refractivity contribution in [3.8, 4) is 0 Å². The Bertz CT molecular complexity index is 411. The molecule has 0 aliphatic heterocycles. The van der Waals surface area contributed by atoms with E-state index in [0.29, 0.717) is 19.5 Å². The highest BCUT2D eigenvalue weighted by Crippen LogP contribution is 1.96. The Labute approximate surface area is 96.8 Å². The van der Waals surface area contributed by atoms with E-state index >= 15 is 0 Å². The normalized spacial score (nSPS) is 11.9. The van der Waals surface area contributed by atoms with Crippen LogP contribution in [0.3, 0.4) is 0 Å². The number of sulfone groups is 1. The van der Waals surface area contributed by atoms with Gasteiger partial charge in [0.05, 0.1) is 12.3 Å². The summed E-state index contributed by atoms with van der Waals surface area (Å²) in [6, 6.07) is 0. The molecule has 0 aliphatic carbocycles. The molecule has 0 atom stereocenters. The molecule has 5 nitrogen and oxygen atoms in total. The van der Waals surface area contributed by atoms with Crippen LogP contribution >= 0.6 is 0 Å². The maximum Gasteiger partial charge on any atom is 0.147 e. The van der Waals surface area contributed by atoms with Crippen molar-refractivity contribution in [2.24, 2.45) is 0 Å². The van der Waals surface area contributed by atoms with E-state index in [4.69, 9.17) is 0 Å². The predicted molar refractivity (Wildman–Crippen MR) is 63.9 cm³/mol. The number of aromatic nitrogens is 2. The highest BCUT2D eigenvalue weighted by Gasteiger charge is 2.02. The quantitative estimate of drug-likeness (QED) is 0.707. The summed E-state index contributed by atoms with van der Waals surface area (Å²) in [6.45, 7) is 4.35. The second-order valence-corrected chi connectivity index (χ2v) is 6.05. The lowest BCUT2D eigenvalue weighted by Gasteiger charge is -2.06. The van der Waals surface area contributed by atoms with E-state index in [9.17, 15) is 8.42 Å². The van der Waals surface area contributed by atoms with Gasteiger partial charge in [-0.25, -0.2) is 13.4 Å². The molecule has 92 valence electrons. The molecule has 1 rings (SSSR count). The smallest absolute Gasteiger partial charge is 0.147 e. The van der Waals surface area contributed by atoms with Crippen LogP contribution in [0.15, 0.2) is 12.4 Å². The van der Waals surface area contributed by atoms with Gasteiger partial charge in [-0.2, -0.15) is 0 Å². The molecule has 0 saturated heterocycles. The third-order valence-corrected chi connectivity index (χ3v) is 3.32. The summed E-state index contributed by atoms with van der Waals surface area (Å²) in [5.74, 6) is 1.23. The van der Waals surface area contributed by atoms with Crippen LogP contribution in [0.2, 0.25) is 0 Å². The van der Waals surface area contributed by atoms with Gasteiger partial charge in [-0.3, -0.25) is 0 Å². The van der Waals surface area contributed by atoms with E-state index in [1.54, 1.807) is 6.20 Å². The Morgan fingerprint density at radius 2 is 2.25 bits per heavy atom. The third kappa shape index (κ3) is 4.76. The fourth-order valence-corrected chi connectivity index (χ4v) is 2.12. The van der Waals surface area contributed by atoms with E-state index in [1.165, 1.54) is 6.26 Å². The molecule has 0 fully saturated rings. The topological polar surface area (TPSA) is 64.0 Å². The highest BCUT2D eigenvalue weighted by atomic mass is 32.2. The molecule has 0 amide bonds. The summed E-state index contributed by atoms with van der Waals surface area (Å²) in [4.78, 5) is 4.22. The zero-order valence-electron chi connectivity index (χ0n) is 9.81. The van der Waals surface area contributed by atoms with Gasteiger partial charge >= 0.3 is 0 Å². The first-order chi connectivity index (χ1) is 7.53. The molecule has 1 N–H and O–H groups in total. The fourth-order valence-electron chi connectivity index (χ4n) is 1.45. The van der Waals surface area contributed by atoms with Gasteiger partial charge in [0.2, 0.25) is 0 Å². The van der Waals surface area contributed by atoms with Crippen molar-refractivity contribution in [3.63, 3.8) is 0 Å². The first-order valence-electron chi connectivity index (χ1n) is 5.41. The molecule has 16 heavy (non-hydrogen) atoms. The lowest BCUT2D eigenvalue weighted by Crippen LogP contribution is -2.20. The van der Waals surface area contributed by atoms with Crippen molar-refractivity contribution in [1.29, 1.82) is 0 Å². The van der Waals surface area contributed by atoms with Gasteiger partial charge in [-0.05, 0) is 19.9 Å². The first kappa shape index (κ1) is 13.2. The fraction of sp³-hybridized carbons (Fsp3) is 0.700. The number of hydrogen-bond donors (Lipinski definition) is 1. The van der Waals surface area contributed by atoms with Crippen LogP contribution in [-0.2, 0) is 22.9 Å². The van der Waals surface area contributed by atoms with Gasteiger partial charge in [0, 0.05) is 25.2 Å². The van der Waals surface area contributed by atoms with Crippen molar-refractivity contribution in [3.05, 3.63) is 18.2 Å². The highest BCUT2D eigenvalue weighted by molar-refractivity contribution is 7.90. The molecule has 0 aromatic carbocycles. The van der Waals surface area contributed by atoms with Crippen molar-refractivity contribution >= 4 is 9.84 Å². The van der Waals surface area contributed by atoms with Crippen molar-refractivity contribution in [1.82, 2.24) is 14.9 Å². The van der Waals surface area contributed by atoms with Gasteiger partial charge in [0.15, 0.2) is 0 Å². The molecule has 1 aromatic heterocycles. The molecule has 6 heteroatoms. The zero-order valence-corrected chi connectivity index (χ0v) is 10.6. The lowest BCUT2D eigenvalue weighted by atomic mass is 10.4. The molecule has 1 aromatic rings. The Kier molecular flexibility index (Phi) is 4.95. The van der Waals surface area contributed by atoms with Crippen LogP contribution in [-0.4, -0.2) is 36.5 Å². The number of imidazole rings is 1. The van der Waals surface area contributed by atoms with Crippen LogP contribution in [0.5, 0.6) is 0 Å². The Morgan fingerprint density at radius 1 is 1.50 bits per heavy atom. The van der Waals surface area contributed by atoms with Gasteiger partial charge in [-0.1, -0.05) is 0 Å². The summed E-state index contributed by atoms with van der Waals surface area (Å²) >= 11 is 0. The van der Waals surface area contributed by atoms with Crippen molar-refractivity contribution in [2.75, 3.05) is 18.6 Å². The van der Waals surface area contributed by atoms with E-state index < -0.39 is 9.84 Å². The van der Waals surface area contributed by atoms with Crippen LogP contribution in [0.4, 0.5) is 0 Å². The summed E-state index contributed by atoms with van der Waals surface area (Å²) in [7, 11) is -2.83. The monoisotopic (exact) mass is 245 g/mol. The minimum atomic E-state index is -2.83. The molecule has 1 heterocycles. The van der Waals surface area contributed by atoms with E-state index in [1.807, 2.05) is 6.20 Å². The standard InChI is InChI=1S/C10H19N3O2S/c1-3-13-7-6-12-10(13)9-11-5-4-8-16(2,14)15/h6-7,11H,3-5,8-9H2,1-2H3. The molecule has 0 saturated carbocycles. The Morgan fingerprint density at radius 3 is 2.88 bits per heavy atom. The van der Waals surface area contributed by atoms with Crippen LogP contribution in [0.1, 0.15) is 19.2 Å². The summed E-state index contributed by atoms with van der Waals surface area (Å²) in [6.07, 6.45) is 5.62. The van der Waals surface area contributed by atoms with E-state index in [-0.39, 0.29) is 5.75 Å². The number of rotatable bonds is 7. The average Bonchev–Trinajstić information content (AvgIpc) is 2.63. The number of aryl methyl sites for hydroxylation is 1. The summed E-state index contributed by atoms with van der Waals surface area (Å²) in [5, 5.41) is 3.19. The van der Waals surface area contributed by atoms with Crippen LogP contribution in [0, 0.1) is 0 Å². The van der Waals surface area contributed by atoms with Crippen molar-refractivity contribution in [2.45, 2.75) is 26.4 Å². The Balaban J connectivity index is 2.21.